The van der Waals surface area contributed by atoms with E-state index in [0.717, 1.165) is 12.5 Å². The average molecular weight is 298 g/mol. The van der Waals surface area contributed by atoms with E-state index < -0.39 is 17.3 Å². The van der Waals surface area contributed by atoms with E-state index in [9.17, 15) is 13.2 Å². The van der Waals surface area contributed by atoms with E-state index in [1.807, 2.05) is 13.8 Å². The van der Waals surface area contributed by atoms with Gasteiger partial charge in [0.1, 0.15) is 0 Å². The summed E-state index contributed by atoms with van der Waals surface area (Å²) in [6, 6.07) is 5.46. The van der Waals surface area contributed by atoms with E-state index in [1.165, 1.54) is 12.1 Å². The molecule has 3 nitrogen and oxygen atoms in total. The number of benzene rings is 1. The highest BCUT2D eigenvalue weighted by molar-refractivity contribution is 5.58. The van der Waals surface area contributed by atoms with E-state index in [-0.39, 0.29) is 11.3 Å². The first-order chi connectivity index (χ1) is 9.79. The Labute approximate surface area is 121 Å². The van der Waals surface area contributed by atoms with E-state index in [0.29, 0.717) is 19.7 Å². The van der Waals surface area contributed by atoms with Crippen LogP contribution in [0.4, 0.5) is 18.9 Å². The molecule has 0 N–H and O–H groups in total. The topological polar surface area (TPSA) is 36.3 Å². The van der Waals surface area contributed by atoms with Crippen LogP contribution in [0, 0.1) is 11.3 Å². The predicted molar refractivity (Wildman–Crippen MR) is 73.0 cm³/mol. The van der Waals surface area contributed by atoms with Crippen molar-refractivity contribution in [2.45, 2.75) is 32.0 Å². The Morgan fingerprint density at radius 2 is 2.14 bits per heavy atom. The Hall–Kier alpha value is -1.74. The number of nitriles is 1. The third-order valence-corrected chi connectivity index (χ3v) is 3.86. The van der Waals surface area contributed by atoms with Crippen molar-refractivity contribution in [1.29, 1.82) is 5.26 Å². The molecule has 6 heteroatoms. The van der Waals surface area contributed by atoms with Crippen molar-refractivity contribution >= 4 is 5.69 Å². The fraction of sp³-hybridized carbons (Fsp3) is 0.533. The molecular weight excluding hydrogens is 281 g/mol. The second-order valence-electron chi connectivity index (χ2n) is 5.41. The van der Waals surface area contributed by atoms with Crippen LogP contribution >= 0.6 is 0 Å². The summed E-state index contributed by atoms with van der Waals surface area (Å²) in [5.41, 5.74) is -1.08. The molecule has 1 fully saturated rings. The Bertz CT molecular complexity index is 565. The molecule has 0 aliphatic carbocycles. The van der Waals surface area contributed by atoms with Crippen molar-refractivity contribution in [3.8, 4) is 6.07 Å². The van der Waals surface area contributed by atoms with Gasteiger partial charge in [0, 0.05) is 18.8 Å². The lowest BCUT2D eigenvalue weighted by atomic mass is 9.99. The lowest BCUT2D eigenvalue weighted by Crippen LogP contribution is -2.50. The van der Waals surface area contributed by atoms with Crippen molar-refractivity contribution in [3.05, 3.63) is 29.3 Å². The van der Waals surface area contributed by atoms with Crippen molar-refractivity contribution in [2.24, 2.45) is 0 Å². The number of morpholine rings is 1. The molecule has 0 spiro atoms. The first kappa shape index (κ1) is 15.6. The fourth-order valence-corrected chi connectivity index (χ4v) is 2.46. The molecule has 1 unspecified atom stereocenters. The van der Waals surface area contributed by atoms with Gasteiger partial charge in [0.2, 0.25) is 0 Å². The van der Waals surface area contributed by atoms with Crippen LogP contribution in [0.15, 0.2) is 18.2 Å². The van der Waals surface area contributed by atoms with Crippen LogP contribution in [0.2, 0.25) is 0 Å². The van der Waals surface area contributed by atoms with Crippen molar-refractivity contribution in [3.63, 3.8) is 0 Å². The molecular formula is C15H17F3N2O. The highest BCUT2D eigenvalue weighted by atomic mass is 19.4. The van der Waals surface area contributed by atoms with Gasteiger partial charge in [-0.05, 0) is 31.5 Å². The molecule has 0 saturated carbocycles. The molecule has 1 aromatic rings. The minimum absolute atomic E-state index is 0.0117. The summed E-state index contributed by atoms with van der Waals surface area (Å²) in [6.07, 6.45) is -3.76. The molecule has 1 heterocycles. The lowest BCUT2D eigenvalue weighted by molar-refractivity contribution is -0.137. The average Bonchev–Trinajstić information content (AvgIpc) is 2.46. The van der Waals surface area contributed by atoms with E-state index in [4.69, 9.17) is 10.00 Å². The second kappa shape index (κ2) is 5.57. The minimum Gasteiger partial charge on any atom is -0.372 e. The number of ether oxygens (including phenoxy) is 1. The van der Waals surface area contributed by atoms with Crippen LogP contribution in [0.5, 0.6) is 0 Å². The monoisotopic (exact) mass is 298 g/mol. The number of anilines is 1. The van der Waals surface area contributed by atoms with Gasteiger partial charge in [-0.2, -0.15) is 18.4 Å². The van der Waals surface area contributed by atoms with Gasteiger partial charge in [0.15, 0.2) is 0 Å². The van der Waals surface area contributed by atoms with Crippen molar-refractivity contribution in [2.75, 3.05) is 24.6 Å². The number of nitrogens with zero attached hydrogens (tertiary/aromatic N) is 2. The largest absolute Gasteiger partial charge is 0.418 e. The summed E-state index contributed by atoms with van der Waals surface area (Å²) in [4.78, 5) is 1.69. The summed E-state index contributed by atoms with van der Waals surface area (Å²) in [6.45, 7) is 5.05. The lowest BCUT2D eigenvalue weighted by Gasteiger charge is -2.42. The van der Waals surface area contributed by atoms with Gasteiger partial charge in [-0.25, -0.2) is 0 Å². The van der Waals surface area contributed by atoms with Crippen LogP contribution in [0.3, 0.4) is 0 Å². The Morgan fingerprint density at radius 1 is 1.43 bits per heavy atom. The van der Waals surface area contributed by atoms with E-state index in [2.05, 4.69) is 0 Å². The van der Waals surface area contributed by atoms with Gasteiger partial charge in [0.25, 0.3) is 0 Å². The van der Waals surface area contributed by atoms with Crippen LogP contribution in [-0.2, 0) is 10.9 Å². The zero-order chi connectivity index (χ0) is 15.7. The van der Waals surface area contributed by atoms with Crippen LogP contribution in [0.1, 0.15) is 31.4 Å². The van der Waals surface area contributed by atoms with Crippen molar-refractivity contribution in [1.82, 2.24) is 0 Å². The highest BCUT2D eigenvalue weighted by Gasteiger charge is 2.38. The molecule has 0 amide bonds. The fourth-order valence-electron chi connectivity index (χ4n) is 2.46. The van der Waals surface area contributed by atoms with Gasteiger partial charge in [-0.3, -0.25) is 0 Å². The number of alkyl halides is 3. The number of rotatable bonds is 2. The molecule has 1 atom stereocenters. The van der Waals surface area contributed by atoms with E-state index >= 15 is 0 Å². The first-order valence-corrected chi connectivity index (χ1v) is 6.79. The molecule has 2 rings (SSSR count). The van der Waals surface area contributed by atoms with Gasteiger partial charge in [0.05, 0.1) is 29.4 Å². The van der Waals surface area contributed by atoms with Gasteiger partial charge < -0.3 is 9.64 Å². The smallest absolute Gasteiger partial charge is 0.372 e. The van der Waals surface area contributed by atoms with Crippen LogP contribution in [0.25, 0.3) is 0 Å². The maximum Gasteiger partial charge on any atom is 0.418 e. The summed E-state index contributed by atoms with van der Waals surface area (Å²) in [7, 11) is 0. The molecule has 0 radical (unpaired) electrons. The predicted octanol–water partition coefficient (Wildman–Crippen LogP) is 3.58. The van der Waals surface area contributed by atoms with Crippen LogP contribution < -0.4 is 4.90 Å². The summed E-state index contributed by atoms with van der Waals surface area (Å²) < 4.78 is 45.3. The Balaban J connectivity index is 2.42. The molecule has 114 valence electrons. The third-order valence-electron chi connectivity index (χ3n) is 3.86. The second-order valence-corrected chi connectivity index (χ2v) is 5.41. The first-order valence-electron chi connectivity index (χ1n) is 6.79. The SMILES string of the molecule is CCC1(C)CN(c2ccc(C#N)cc2C(F)(F)F)CCO1. The minimum atomic E-state index is -4.48. The van der Waals surface area contributed by atoms with Gasteiger partial charge >= 0.3 is 6.18 Å². The van der Waals surface area contributed by atoms with Crippen LogP contribution in [-0.4, -0.2) is 25.3 Å². The standard InChI is InChI=1S/C15H17F3N2O/c1-3-14(2)10-20(6-7-21-14)13-5-4-11(9-19)8-12(13)15(16,17)18/h4-5,8H,3,6-7,10H2,1-2H3. The molecule has 0 aromatic heterocycles. The van der Waals surface area contributed by atoms with Gasteiger partial charge in [-0.1, -0.05) is 6.92 Å². The molecule has 1 aliphatic rings. The molecule has 1 saturated heterocycles. The third kappa shape index (κ3) is 3.30. The quantitative estimate of drug-likeness (QED) is 0.837. The molecule has 1 aromatic carbocycles. The zero-order valence-electron chi connectivity index (χ0n) is 12.0. The maximum atomic E-state index is 13.2. The molecule has 1 aliphatic heterocycles. The Kier molecular flexibility index (Phi) is 4.15. The van der Waals surface area contributed by atoms with E-state index in [1.54, 1.807) is 11.0 Å². The Morgan fingerprint density at radius 3 is 2.71 bits per heavy atom. The summed E-state index contributed by atoms with van der Waals surface area (Å²) in [5, 5.41) is 8.80. The number of hydrogen-bond acceptors (Lipinski definition) is 3. The summed E-state index contributed by atoms with van der Waals surface area (Å²) >= 11 is 0. The van der Waals surface area contributed by atoms with Gasteiger partial charge in [-0.15, -0.1) is 0 Å². The molecule has 21 heavy (non-hydrogen) atoms. The summed E-state index contributed by atoms with van der Waals surface area (Å²) in [5.74, 6) is 0. The molecule has 0 bridgehead atoms. The number of halogens is 3. The zero-order valence-corrected chi connectivity index (χ0v) is 12.0. The van der Waals surface area contributed by atoms with Crippen molar-refractivity contribution < 1.29 is 17.9 Å². The normalized spacial score (nSPS) is 23.0. The number of hydrogen-bond donors (Lipinski definition) is 0. The maximum absolute atomic E-state index is 13.2. The highest BCUT2D eigenvalue weighted by Crippen LogP contribution is 2.38.